The van der Waals surface area contributed by atoms with Crippen LogP contribution in [0.5, 0.6) is 0 Å². The number of benzene rings is 2. The first-order valence-corrected chi connectivity index (χ1v) is 8.70. The van der Waals surface area contributed by atoms with Gasteiger partial charge in [-0.05, 0) is 35.9 Å². The molecule has 0 bridgehead atoms. The van der Waals surface area contributed by atoms with Crippen molar-refractivity contribution in [2.24, 2.45) is 0 Å². The highest BCUT2D eigenvalue weighted by Crippen LogP contribution is 2.22. The fourth-order valence-electron chi connectivity index (χ4n) is 2.04. The van der Waals surface area contributed by atoms with Crippen molar-refractivity contribution >= 4 is 33.2 Å². The summed E-state index contributed by atoms with van der Waals surface area (Å²) in [6, 6.07) is 13.1. The van der Waals surface area contributed by atoms with Crippen molar-refractivity contribution < 1.29 is 13.2 Å². The molecule has 0 atom stereocenters. The van der Waals surface area contributed by atoms with Gasteiger partial charge in [0.15, 0.2) is 0 Å². The molecule has 2 aromatic carbocycles. The van der Waals surface area contributed by atoms with Gasteiger partial charge in [-0.1, -0.05) is 29.8 Å². The summed E-state index contributed by atoms with van der Waals surface area (Å²) in [5.74, 6) is -0.212. The number of carbonyl (C=O) groups excluding carboxylic acids is 1. The summed E-state index contributed by atoms with van der Waals surface area (Å²) in [6.07, 6.45) is 0. The number of amides is 1. The standard InChI is InChI=1S/C16H17ClN2O3S/c1-12(20)18-14-7-9-15(10-8-14)23(21,22)19(2)11-13-5-3-4-6-16(13)17/h3-10H,11H2,1-2H3,(H,18,20). The van der Waals surface area contributed by atoms with Crippen molar-refractivity contribution in [3.05, 3.63) is 59.1 Å². The number of hydrogen-bond acceptors (Lipinski definition) is 3. The highest BCUT2D eigenvalue weighted by molar-refractivity contribution is 7.89. The topological polar surface area (TPSA) is 66.5 Å². The van der Waals surface area contributed by atoms with Gasteiger partial charge >= 0.3 is 0 Å². The van der Waals surface area contributed by atoms with Crippen molar-refractivity contribution in [1.82, 2.24) is 4.31 Å². The van der Waals surface area contributed by atoms with Gasteiger partial charge in [0.2, 0.25) is 15.9 Å². The van der Waals surface area contributed by atoms with Gasteiger partial charge in [0.05, 0.1) is 4.90 Å². The Bertz CT molecular complexity index is 804. The number of nitrogens with zero attached hydrogens (tertiary/aromatic N) is 1. The summed E-state index contributed by atoms with van der Waals surface area (Å²) in [7, 11) is -2.14. The molecule has 0 saturated heterocycles. The zero-order valence-electron chi connectivity index (χ0n) is 12.8. The van der Waals surface area contributed by atoms with E-state index in [1.807, 2.05) is 6.07 Å². The second kappa shape index (κ2) is 7.12. The van der Waals surface area contributed by atoms with Gasteiger partial charge in [-0.3, -0.25) is 4.79 Å². The van der Waals surface area contributed by atoms with Crippen LogP contribution in [0.15, 0.2) is 53.4 Å². The van der Waals surface area contributed by atoms with Crippen molar-refractivity contribution in [2.45, 2.75) is 18.4 Å². The molecule has 1 N–H and O–H groups in total. The first-order chi connectivity index (χ1) is 10.8. The molecule has 0 saturated carbocycles. The third-order valence-corrected chi connectivity index (χ3v) is 5.42. The van der Waals surface area contributed by atoms with Crippen LogP contribution in [-0.2, 0) is 21.4 Å². The molecule has 122 valence electrons. The molecule has 5 nitrogen and oxygen atoms in total. The van der Waals surface area contributed by atoms with Gasteiger partial charge in [0.25, 0.3) is 0 Å². The van der Waals surface area contributed by atoms with Gasteiger partial charge in [-0.15, -0.1) is 0 Å². The second-order valence-corrected chi connectivity index (χ2v) is 7.51. The van der Waals surface area contributed by atoms with Crippen LogP contribution in [-0.4, -0.2) is 25.7 Å². The summed E-state index contributed by atoms with van der Waals surface area (Å²) in [5.41, 5.74) is 1.28. The average Bonchev–Trinajstić information content (AvgIpc) is 2.49. The first-order valence-electron chi connectivity index (χ1n) is 6.88. The zero-order valence-corrected chi connectivity index (χ0v) is 14.4. The molecule has 0 aliphatic heterocycles. The van der Waals surface area contributed by atoms with Crippen LogP contribution in [0, 0.1) is 0 Å². The molecule has 0 unspecified atom stereocenters. The first kappa shape index (κ1) is 17.5. The van der Waals surface area contributed by atoms with E-state index in [1.54, 1.807) is 30.3 Å². The lowest BCUT2D eigenvalue weighted by atomic mass is 10.2. The maximum absolute atomic E-state index is 12.6. The minimum atomic E-state index is -3.64. The molecule has 0 fully saturated rings. The van der Waals surface area contributed by atoms with Crippen LogP contribution < -0.4 is 5.32 Å². The molecule has 23 heavy (non-hydrogen) atoms. The Morgan fingerprint density at radius 1 is 1.13 bits per heavy atom. The SMILES string of the molecule is CC(=O)Nc1ccc(S(=O)(=O)N(C)Cc2ccccc2Cl)cc1. The molecular weight excluding hydrogens is 336 g/mol. The number of halogens is 1. The van der Waals surface area contributed by atoms with E-state index < -0.39 is 10.0 Å². The van der Waals surface area contributed by atoms with Crippen LogP contribution in [0.4, 0.5) is 5.69 Å². The Morgan fingerprint density at radius 3 is 2.30 bits per heavy atom. The molecule has 0 heterocycles. The van der Waals surface area contributed by atoms with Gasteiger partial charge in [0.1, 0.15) is 0 Å². The number of rotatable bonds is 5. The van der Waals surface area contributed by atoms with Crippen molar-refractivity contribution in [3.63, 3.8) is 0 Å². The third-order valence-electron chi connectivity index (χ3n) is 3.23. The molecular formula is C16H17ClN2O3S. The van der Waals surface area contributed by atoms with Crippen LogP contribution in [0.2, 0.25) is 5.02 Å². The summed E-state index contributed by atoms with van der Waals surface area (Å²) in [4.78, 5) is 11.1. The molecule has 0 radical (unpaired) electrons. The third kappa shape index (κ3) is 4.31. The van der Waals surface area contributed by atoms with Crippen molar-refractivity contribution in [3.8, 4) is 0 Å². The largest absolute Gasteiger partial charge is 0.326 e. The maximum Gasteiger partial charge on any atom is 0.243 e. The molecule has 0 spiro atoms. The fourth-order valence-corrected chi connectivity index (χ4v) is 3.39. The fraction of sp³-hybridized carbons (Fsp3) is 0.188. The monoisotopic (exact) mass is 352 g/mol. The van der Waals surface area contributed by atoms with Gasteiger partial charge < -0.3 is 5.32 Å². The summed E-state index contributed by atoms with van der Waals surface area (Å²) < 4.78 is 26.4. The second-order valence-electron chi connectivity index (χ2n) is 5.06. The van der Waals surface area contributed by atoms with E-state index in [0.717, 1.165) is 5.56 Å². The molecule has 0 aliphatic rings. The van der Waals surface area contributed by atoms with E-state index >= 15 is 0 Å². The minimum Gasteiger partial charge on any atom is -0.326 e. The lowest BCUT2D eigenvalue weighted by Crippen LogP contribution is -2.26. The molecule has 2 rings (SSSR count). The number of carbonyl (C=O) groups is 1. The molecule has 0 aliphatic carbocycles. The Labute approximate surface area is 140 Å². The lowest BCUT2D eigenvalue weighted by Gasteiger charge is -2.18. The Morgan fingerprint density at radius 2 is 1.74 bits per heavy atom. The number of sulfonamides is 1. The van der Waals surface area contributed by atoms with Crippen molar-refractivity contribution in [1.29, 1.82) is 0 Å². The van der Waals surface area contributed by atoms with Gasteiger partial charge in [0, 0.05) is 31.2 Å². The average molecular weight is 353 g/mol. The lowest BCUT2D eigenvalue weighted by molar-refractivity contribution is -0.114. The van der Waals surface area contributed by atoms with E-state index in [9.17, 15) is 13.2 Å². The van der Waals surface area contributed by atoms with Crippen LogP contribution in [0.3, 0.4) is 0 Å². The van der Waals surface area contributed by atoms with Crippen LogP contribution >= 0.6 is 11.6 Å². The summed E-state index contributed by atoms with van der Waals surface area (Å²) in [6.45, 7) is 1.57. The van der Waals surface area contributed by atoms with E-state index in [2.05, 4.69) is 5.32 Å². The maximum atomic E-state index is 12.6. The molecule has 2 aromatic rings. The van der Waals surface area contributed by atoms with E-state index in [4.69, 9.17) is 11.6 Å². The zero-order chi connectivity index (χ0) is 17.0. The van der Waals surface area contributed by atoms with E-state index in [1.165, 1.54) is 30.4 Å². The highest BCUT2D eigenvalue weighted by Gasteiger charge is 2.21. The van der Waals surface area contributed by atoms with E-state index in [0.29, 0.717) is 10.7 Å². The number of nitrogens with one attached hydrogen (secondary N) is 1. The Balaban J connectivity index is 2.20. The smallest absolute Gasteiger partial charge is 0.243 e. The molecule has 7 heteroatoms. The Kier molecular flexibility index (Phi) is 5.41. The number of hydrogen-bond donors (Lipinski definition) is 1. The quantitative estimate of drug-likeness (QED) is 0.899. The van der Waals surface area contributed by atoms with Gasteiger partial charge in [-0.25, -0.2) is 8.42 Å². The predicted molar refractivity (Wildman–Crippen MR) is 90.9 cm³/mol. The Hall–Kier alpha value is -1.89. The highest BCUT2D eigenvalue weighted by atomic mass is 35.5. The summed E-state index contributed by atoms with van der Waals surface area (Å²) in [5, 5.41) is 3.12. The van der Waals surface area contributed by atoms with Crippen molar-refractivity contribution in [2.75, 3.05) is 12.4 Å². The minimum absolute atomic E-state index is 0.154. The predicted octanol–water partition coefficient (Wildman–Crippen LogP) is 3.12. The van der Waals surface area contributed by atoms with E-state index in [-0.39, 0.29) is 17.3 Å². The van der Waals surface area contributed by atoms with Crippen LogP contribution in [0.1, 0.15) is 12.5 Å². The normalized spacial score (nSPS) is 11.5. The molecule has 1 amide bonds. The van der Waals surface area contributed by atoms with Crippen LogP contribution in [0.25, 0.3) is 0 Å². The molecule has 0 aromatic heterocycles. The number of anilines is 1. The van der Waals surface area contributed by atoms with Gasteiger partial charge in [-0.2, -0.15) is 4.31 Å². The summed E-state index contributed by atoms with van der Waals surface area (Å²) >= 11 is 6.07.